The van der Waals surface area contributed by atoms with Crippen LogP contribution in [0.5, 0.6) is 0 Å². The number of aryl methyl sites for hydroxylation is 1. The number of hydrogen-bond acceptors (Lipinski definition) is 3. The van der Waals surface area contributed by atoms with E-state index >= 15 is 0 Å². The van der Waals surface area contributed by atoms with E-state index in [1.807, 2.05) is 25.1 Å². The summed E-state index contributed by atoms with van der Waals surface area (Å²) in [5.41, 5.74) is 1.82. The van der Waals surface area contributed by atoms with Crippen molar-refractivity contribution < 1.29 is 4.79 Å². The predicted octanol–water partition coefficient (Wildman–Crippen LogP) is 4.72. The molecule has 23 heavy (non-hydrogen) atoms. The Kier molecular flexibility index (Phi) is 3.65. The highest BCUT2D eigenvalue weighted by atomic mass is 32.2. The number of anilines is 1. The monoisotopic (exact) mass is 326 g/mol. The maximum absolute atomic E-state index is 13.1. The van der Waals surface area contributed by atoms with Crippen molar-refractivity contribution in [2.24, 2.45) is 23.2 Å². The zero-order chi connectivity index (χ0) is 16.0. The molecule has 0 saturated heterocycles. The normalized spacial score (nSPS) is 34.2. The molecule has 1 amide bonds. The van der Waals surface area contributed by atoms with Crippen LogP contribution in [0.1, 0.15) is 44.1 Å². The zero-order valence-electron chi connectivity index (χ0n) is 13.5. The summed E-state index contributed by atoms with van der Waals surface area (Å²) >= 11 is 1.16. The molecule has 4 fully saturated rings. The molecule has 1 aromatic rings. The van der Waals surface area contributed by atoms with Crippen LogP contribution in [0, 0.1) is 40.8 Å². The fourth-order valence-electron chi connectivity index (χ4n) is 5.54. The number of benzene rings is 1. The number of thiocyanates is 1. The van der Waals surface area contributed by atoms with Gasteiger partial charge >= 0.3 is 0 Å². The Balaban J connectivity index is 1.53. The van der Waals surface area contributed by atoms with Crippen molar-refractivity contribution in [3.8, 4) is 5.40 Å². The molecule has 0 radical (unpaired) electrons. The Morgan fingerprint density at radius 1 is 1.22 bits per heavy atom. The summed E-state index contributed by atoms with van der Waals surface area (Å²) in [6, 6.07) is 5.83. The topological polar surface area (TPSA) is 52.9 Å². The maximum atomic E-state index is 13.1. The molecule has 1 aromatic carbocycles. The van der Waals surface area contributed by atoms with E-state index in [2.05, 4.69) is 10.7 Å². The summed E-state index contributed by atoms with van der Waals surface area (Å²) in [5.74, 6) is 2.58. The van der Waals surface area contributed by atoms with Gasteiger partial charge in [0.2, 0.25) is 5.91 Å². The van der Waals surface area contributed by atoms with Gasteiger partial charge in [-0.1, -0.05) is 0 Å². The van der Waals surface area contributed by atoms with Gasteiger partial charge in [-0.25, -0.2) is 0 Å². The van der Waals surface area contributed by atoms with Crippen molar-refractivity contribution in [1.29, 1.82) is 5.26 Å². The van der Waals surface area contributed by atoms with Crippen LogP contribution in [0.2, 0.25) is 0 Å². The van der Waals surface area contributed by atoms with Crippen molar-refractivity contribution in [3.63, 3.8) is 0 Å². The maximum Gasteiger partial charge on any atom is 0.230 e. The average molecular weight is 326 g/mol. The van der Waals surface area contributed by atoms with E-state index in [9.17, 15) is 4.79 Å². The van der Waals surface area contributed by atoms with Crippen LogP contribution in [0.4, 0.5) is 5.69 Å². The van der Waals surface area contributed by atoms with Crippen LogP contribution >= 0.6 is 11.8 Å². The smallest absolute Gasteiger partial charge is 0.230 e. The first-order valence-corrected chi connectivity index (χ1v) is 9.38. The zero-order valence-corrected chi connectivity index (χ0v) is 14.3. The number of thioether (sulfide) groups is 1. The van der Waals surface area contributed by atoms with Crippen molar-refractivity contribution in [2.45, 2.75) is 50.3 Å². The van der Waals surface area contributed by atoms with Crippen molar-refractivity contribution in [2.75, 3.05) is 5.32 Å². The summed E-state index contributed by atoms with van der Waals surface area (Å²) in [4.78, 5) is 14.0. The van der Waals surface area contributed by atoms with Gasteiger partial charge < -0.3 is 5.32 Å². The number of carbonyl (C=O) groups is 1. The standard InChI is InChI=1S/C19H22N2OS/c1-12-4-16(23-11-20)2-3-17(12)21-18(22)19-8-13-5-14(9-19)7-15(6-13)10-19/h2-4,13-15H,5-10H2,1H3,(H,21,22). The molecular formula is C19H22N2OS. The third-order valence-corrected chi connectivity index (χ3v) is 6.71. The van der Waals surface area contributed by atoms with Crippen LogP contribution in [0.3, 0.4) is 0 Å². The summed E-state index contributed by atoms with van der Waals surface area (Å²) < 4.78 is 0. The average Bonchev–Trinajstić information content (AvgIpc) is 2.49. The molecule has 0 atom stereocenters. The molecule has 0 spiro atoms. The highest BCUT2D eigenvalue weighted by Crippen LogP contribution is 2.60. The van der Waals surface area contributed by atoms with Gasteiger partial charge in [-0.15, -0.1) is 0 Å². The number of nitriles is 1. The van der Waals surface area contributed by atoms with Gasteiger partial charge in [-0.05, 0) is 98.7 Å². The largest absolute Gasteiger partial charge is 0.325 e. The second-order valence-corrected chi connectivity index (χ2v) is 8.68. The van der Waals surface area contributed by atoms with E-state index < -0.39 is 0 Å². The first kappa shape index (κ1) is 15.1. The Labute approximate surface area is 141 Å². The molecule has 4 heteroatoms. The van der Waals surface area contributed by atoms with E-state index in [0.717, 1.165) is 64.9 Å². The van der Waals surface area contributed by atoms with E-state index in [0.29, 0.717) is 0 Å². The Hall–Kier alpha value is -1.47. The number of rotatable bonds is 3. The first-order valence-electron chi connectivity index (χ1n) is 8.56. The molecule has 1 N–H and O–H groups in total. The molecule has 4 saturated carbocycles. The molecule has 0 heterocycles. The Morgan fingerprint density at radius 2 is 1.83 bits per heavy atom. The van der Waals surface area contributed by atoms with Crippen LogP contribution < -0.4 is 5.32 Å². The Morgan fingerprint density at radius 3 is 2.35 bits per heavy atom. The molecule has 4 aliphatic rings. The van der Waals surface area contributed by atoms with E-state index in [1.165, 1.54) is 19.3 Å². The first-order chi connectivity index (χ1) is 11.1. The molecule has 3 nitrogen and oxygen atoms in total. The molecular weight excluding hydrogens is 304 g/mol. The summed E-state index contributed by atoms with van der Waals surface area (Å²) in [7, 11) is 0. The molecule has 0 aliphatic heterocycles. The predicted molar refractivity (Wildman–Crippen MR) is 91.9 cm³/mol. The van der Waals surface area contributed by atoms with Gasteiger partial charge in [0, 0.05) is 10.6 Å². The lowest BCUT2D eigenvalue weighted by Gasteiger charge is -2.55. The van der Waals surface area contributed by atoms with Crippen molar-refractivity contribution in [1.82, 2.24) is 0 Å². The van der Waals surface area contributed by atoms with Gasteiger partial charge in [-0.3, -0.25) is 4.79 Å². The minimum absolute atomic E-state index is 0.110. The van der Waals surface area contributed by atoms with Crippen LogP contribution in [-0.2, 0) is 4.79 Å². The highest BCUT2D eigenvalue weighted by molar-refractivity contribution is 8.03. The quantitative estimate of drug-likeness (QED) is 0.646. The number of carbonyl (C=O) groups excluding carboxylic acids is 1. The molecule has 120 valence electrons. The van der Waals surface area contributed by atoms with Crippen LogP contribution in [0.25, 0.3) is 0 Å². The number of nitrogens with zero attached hydrogens (tertiary/aromatic N) is 1. The Bertz CT molecular complexity index is 656. The lowest BCUT2D eigenvalue weighted by atomic mass is 9.49. The van der Waals surface area contributed by atoms with Crippen LogP contribution in [-0.4, -0.2) is 5.91 Å². The van der Waals surface area contributed by atoms with Gasteiger partial charge in [-0.2, -0.15) is 5.26 Å². The summed E-state index contributed by atoms with van der Waals surface area (Å²) in [5, 5.41) is 14.1. The lowest BCUT2D eigenvalue weighted by Crippen LogP contribution is -2.51. The molecule has 4 bridgehead atoms. The minimum atomic E-state index is -0.110. The molecule has 5 rings (SSSR count). The van der Waals surface area contributed by atoms with Crippen LogP contribution in [0.15, 0.2) is 23.1 Å². The summed E-state index contributed by atoms with van der Waals surface area (Å²) in [6.07, 6.45) is 7.33. The van der Waals surface area contributed by atoms with Gasteiger partial charge in [0.25, 0.3) is 0 Å². The number of hydrogen-bond donors (Lipinski definition) is 1. The fraction of sp³-hybridized carbons (Fsp3) is 0.579. The number of amides is 1. The van der Waals surface area contributed by atoms with Gasteiger partial charge in [0.1, 0.15) is 5.40 Å². The van der Waals surface area contributed by atoms with Crippen molar-refractivity contribution >= 4 is 23.4 Å². The van der Waals surface area contributed by atoms with E-state index in [4.69, 9.17) is 5.26 Å². The van der Waals surface area contributed by atoms with Gasteiger partial charge in [0.15, 0.2) is 0 Å². The van der Waals surface area contributed by atoms with E-state index in [-0.39, 0.29) is 11.3 Å². The lowest BCUT2D eigenvalue weighted by molar-refractivity contribution is -0.140. The molecule has 0 unspecified atom stereocenters. The highest BCUT2D eigenvalue weighted by Gasteiger charge is 2.54. The number of nitrogens with one attached hydrogen (secondary N) is 1. The second-order valence-electron chi connectivity index (χ2n) is 7.82. The van der Waals surface area contributed by atoms with Crippen molar-refractivity contribution in [3.05, 3.63) is 23.8 Å². The molecule has 0 aromatic heterocycles. The minimum Gasteiger partial charge on any atom is -0.325 e. The summed E-state index contributed by atoms with van der Waals surface area (Å²) in [6.45, 7) is 2.00. The van der Waals surface area contributed by atoms with E-state index in [1.54, 1.807) is 0 Å². The second kappa shape index (κ2) is 5.56. The third-order valence-electron chi connectivity index (χ3n) is 6.13. The SMILES string of the molecule is Cc1cc(SC#N)ccc1NC(=O)C12CC3CC(CC(C3)C1)C2. The third kappa shape index (κ3) is 2.65. The van der Waals surface area contributed by atoms with Gasteiger partial charge in [0.05, 0.1) is 5.41 Å². The molecule has 4 aliphatic carbocycles. The fourth-order valence-corrected chi connectivity index (χ4v) is 6.01.